The number of benzene rings is 1. The molecule has 0 aliphatic rings. The zero-order valence-corrected chi connectivity index (χ0v) is 22.1. The molecule has 0 radical (unpaired) electrons. The molecule has 0 saturated heterocycles. The molecule has 0 atom stereocenters. The van der Waals surface area contributed by atoms with E-state index in [1.165, 1.54) is 20.8 Å². The van der Waals surface area contributed by atoms with Crippen molar-refractivity contribution in [2.24, 2.45) is 0 Å². The Morgan fingerprint density at radius 3 is 1.77 bits per heavy atom. The van der Waals surface area contributed by atoms with Crippen molar-refractivity contribution >= 4 is 32.1 Å². The van der Waals surface area contributed by atoms with Gasteiger partial charge in [-0.3, -0.25) is 0 Å². The normalized spacial score (nSPS) is 8.42. The van der Waals surface area contributed by atoms with Crippen molar-refractivity contribution in [2.45, 2.75) is 20.0 Å². The maximum absolute atomic E-state index is 3.51. The van der Waals surface area contributed by atoms with Gasteiger partial charge >= 0.3 is 41.9 Å². The molecule has 2 nitrogen and oxygen atoms in total. The van der Waals surface area contributed by atoms with Crippen LogP contribution >= 0.6 is 15.9 Å². The molecule has 0 amide bonds. The Hall–Kier alpha value is -0.320. The van der Waals surface area contributed by atoms with Crippen molar-refractivity contribution in [3.8, 4) is 0 Å². The van der Waals surface area contributed by atoms with E-state index in [4.69, 9.17) is 0 Å². The van der Waals surface area contributed by atoms with E-state index >= 15 is 0 Å². The molecule has 0 unspecified atom stereocenters. The first-order chi connectivity index (χ1) is 12.3. The van der Waals surface area contributed by atoms with Crippen LogP contribution in [0.2, 0.25) is 13.1 Å². The van der Waals surface area contributed by atoms with Crippen LogP contribution in [0.25, 0.3) is 21.4 Å². The summed E-state index contributed by atoms with van der Waals surface area (Å²) in [4.78, 5) is 0. The monoisotopic (exact) mass is 508 g/mol. The van der Waals surface area contributed by atoms with Gasteiger partial charge in [-0.25, -0.2) is 12.1 Å². The first-order valence-electron chi connectivity index (χ1n) is 8.29. The van der Waals surface area contributed by atoms with Gasteiger partial charge in [-0.2, -0.15) is 52.5 Å². The van der Waals surface area contributed by atoms with Gasteiger partial charge in [-0.15, -0.1) is 34.5 Å². The summed E-state index contributed by atoms with van der Waals surface area (Å²) < 4.78 is 1.18. The molecule has 0 aliphatic carbocycles. The van der Waals surface area contributed by atoms with Crippen molar-refractivity contribution < 1.29 is 23.3 Å². The van der Waals surface area contributed by atoms with Crippen molar-refractivity contribution in [1.82, 2.24) is 0 Å². The van der Waals surface area contributed by atoms with Gasteiger partial charge in [0.2, 0.25) is 0 Å². The number of hydrogen-bond donors (Lipinski definition) is 0. The zero-order valence-electron chi connectivity index (χ0n) is 17.0. The standard InChI is InChI=1S/C10H8Br.C5H5.2C2H6N.C2H6Si.Zr/c1-7-5-8-3-2-4-10(11)9(8)6-7;1-2-4-5-3-1;3*1-3-2;/h2-6H,1H3;1-5H;3*1-2H3;/q4*-1;;. The van der Waals surface area contributed by atoms with Gasteiger partial charge in [-0.1, -0.05) is 28.9 Å². The topological polar surface area (TPSA) is 28.2 Å². The summed E-state index contributed by atoms with van der Waals surface area (Å²) in [5.41, 5.74) is 1.54. The van der Waals surface area contributed by atoms with Gasteiger partial charge < -0.3 is 10.6 Å². The van der Waals surface area contributed by atoms with Gasteiger partial charge in [0.05, 0.1) is 0 Å². The van der Waals surface area contributed by atoms with E-state index in [2.05, 4.69) is 76.9 Å². The SMILES string of the molecule is C[N-]C.C[N-]C.C[Si](C)=[Zr].Cc1cc2c(Br)cccc2[cH-]1.c1cc[cH-]c1. The number of hydrogen-bond acceptors (Lipinski definition) is 0. The molecule has 0 fully saturated rings. The summed E-state index contributed by atoms with van der Waals surface area (Å²) >= 11 is 5.25. The predicted octanol–water partition coefficient (Wildman–Crippen LogP) is 7.06. The van der Waals surface area contributed by atoms with E-state index in [1.54, 1.807) is 51.5 Å². The van der Waals surface area contributed by atoms with E-state index in [-0.39, 0.29) is 5.43 Å². The van der Waals surface area contributed by atoms with Crippen LogP contribution in [0.4, 0.5) is 0 Å². The van der Waals surface area contributed by atoms with Crippen LogP contribution in [0, 0.1) is 6.92 Å². The number of rotatable bonds is 0. The Morgan fingerprint density at radius 2 is 1.42 bits per heavy atom. The molecular formula is C21H31BrN2SiZr-4. The Morgan fingerprint density at radius 1 is 0.962 bits per heavy atom. The summed E-state index contributed by atoms with van der Waals surface area (Å²) in [5, 5.41) is 9.63. The summed E-state index contributed by atoms with van der Waals surface area (Å²) in [6.45, 7) is 6.73. The van der Waals surface area contributed by atoms with E-state index in [0.29, 0.717) is 0 Å². The summed E-state index contributed by atoms with van der Waals surface area (Å²) in [7, 11) is 7.00. The maximum Gasteiger partial charge on any atom is -0.0262 e. The molecule has 3 aromatic carbocycles. The zero-order chi connectivity index (χ0) is 20.4. The minimum Gasteiger partial charge on any atom is -0.214 e. The van der Waals surface area contributed by atoms with E-state index in [9.17, 15) is 0 Å². The second-order valence-corrected chi connectivity index (χ2v) is 15.9. The number of halogens is 1. The van der Waals surface area contributed by atoms with Gasteiger partial charge in [0.15, 0.2) is 0 Å². The Labute approximate surface area is 184 Å². The van der Waals surface area contributed by atoms with Crippen LogP contribution in [0.3, 0.4) is 0 Å². The fraction of sp³-hybridized carbons (Fsp3) is 0.333. The quantitative estimate of drug-likeness (QED) is 0.229. The van der Waals surface area contributed by atoms with Crippen molar-refractivity contribution in [3.05, 3.63) is 81.3 Å². The molecule has 26 heavy (non-hydrogen) atoms. The molecule has 0 N–H and O–H groups in total. The van der Waals surface area contributed by atoms with E-state index in [0.717, 1.165) is 0 Å². The second kappa shape index (κ2) is 19.4. The molecule has 144 valence electrons. The third-order valence-electron chi connectivity index (χ3n) is 2.40. The van der Waals surface area contributed by atoms with Crippen molar-refractivity contribution in [1.29, 1.82) is 0 Å². The summed E-state index contributed by atoms with van der Waals surface area (Å²) in [6, 6.07) is 20.7. The number of nitrogens with zero attached hydrogens (tertiary/aromatic N) is 2. The smallest absolute Gasteiger partial charge is 0.0262 e. The average molecular weight is 511 g/mol. The minimum absolute atomic E-state index is 0.210. The third-order valence-corrected chi connectivity index (χ3v) is 3.09. The van der Waals surface area contributed by atoms with E-state index < -0.39 is 0 Å². The van der Waals surface area contributed by atoms with Crippen LogP contribution in [0.5, 0.6) is 0 Å². The van der Waals surface area contributed by atoms with Crippen LogP contribution in [0.1, 0.15) is 5.56 Å². The van der Waals surface area contributed by atoms with Gasteiger partial charge in [-0.05, 0) is 4.47 Å². The largest absolute Gasteiger partial charge is 0.214 e. The molecular weight excluding hydrogens is 479 g/mol. The Kier molecular flexibility index (Phi) is 20.9. The molecule has 0 aliphatic heterocycles. The number of aryl methyl sites for hydroxylation is 1. The number of fused-ring (bicyclic) bond motifs is 1. The third kappa shape index (κ3) is 17.1. The van der Waals surface area contributed by atoms with Gasteiger partial charge in [0.1, 0.15) is 0 Å². The molecule has 3 aromatic rings. The van der Waals surface area contributed by atoms with Crippen LogP contribution < -0.4 is 0 Å². The Balaban J connectivity index is 0. The minimum atomic E-state index is 0.210. The fourth-order valence-corrected chi connectivity index (χ4v) is 2.16. The molecule has 3 rings (SSSR count). The Bertz CT molecular complexity index is 655. The fourth-order valence-electron chi connectivity index (χ4n) is 1.67. The predicted molar refractivity (Wildman–Crippen MR) is 122 cm³/mol. The van der Waals surface area contributed by atoms with Gasteiger partial charge in [0, 0.05) is 0 Å². The molecule has 0 bridgehead atoms. The molecule has 0 spiro atoms. The van der Waals surface area contributed by atoms with E-state index in [1.807, 2.05) is 30.3 Å². The summed E-state index contributed by atoms with van der Waals surface area (Å²) in [6.07, 6.45) is 0. The molecule has 0 heterocycles. The van der Waals surface area contributed by atoms with Crippen LogP contribution in [0.15, 0.2) is 65.1 Å². The van der Waals surface area contributed by atoms with Crippen molar-refractivity contribution in [3.63, 3.8) is 0 Å². The maximum atomic E-state index is 3.51. The first kappa shape index (κ1) is 27.9. The second-order valence-electron chi connectivity index (χ2n) is 5.63. The average Bonchev–Trinajstić information content (AvgIpc) is 3.21. The van der Waals surface area contributed by atoms with Crippen LogP contribution in [-0.2, 0) is 23.3 Å². The molecule has 0 saturated carbocycles. The molecule has 5 heteroatoms. The molecule has 0 aromatic heterocycles. The van der Waals surface area contributed by atoms with Crippen LogP contribution in [-0.4, -0.2) is 33.6 Å². The summed E-state index contributed by atoms with van der Waals surface area (Å²) in [5.74, 6) is 0. The van der Waals surface area contributed by atoms with Crippen molar-refractivity contribution in [2.75, 3.05) is 28.2 Å². The van der Waals surface area contributed by atoms with Gasteiger partial charge in [0.25, 0.3) is 0 Å². The first-order valence-corrected chi connectivity index (χ1v) is 15.3.